The molecule has 0 aliphatic carbocycles. The van der Waals surface area contributed by atoms with Gasteiger partial charge in [-0.2, -0.15) is 0 Å². The Morgan fingerprint density at radius 3 is 1.92 bits per heavy atom. The van der Waals surface area contributed by atoms with E-state index in [1.54, 1.807) is 0 Å². The number of amides is 1. The summed E-state index contributed by atoms with van der Waals surface area (Å²) >= 11 is 0. The molecule has 0 aromatic heterocycles. The number of rotatable bonds is 8. The Morgan fingerprint density at radius 2 is 1.42 bits per heavy atom. The zero-order valence-corrected chi connectivity index (χ0v) is 14.3. The van der Waals surface area contributed by atoms with E-state index in [0.29, 0.717) is 0 Å². The summed E-state index contributed by atoms with van der Waals surface area (Å²) in [5.74, 6) is -0.0711. The van der Waals surface area contributed by atoms with E-state index in [-0.39, 0.29) is 37.1 Å². The van der Waals surface area contributed by atoms with Crippen LogP contribution in [-0.2, 0) is 4.79 Å². The monoisotopic (exact) mass is 326 g/mol. The molecule has 24 heavy (non-hydrogen) atoms. The van der Waals surface area contributed by atoms with Crippen LogP contribution in [-0.4, -0.2) is 23.7 Å². The fraction of sp³-hybridized carbons (Fsp3) is 0.350. The molecule has 0 bridgehead atoms. The Bertz CT molecular complexity index is 616. The van der Waals surface area contributed by atoms with E-state index >= 15 is 0 Å². The summed E-state index contributed by atoms with van der Waals surface area (Å²) in [6, 6.07) is 19.6. The van der Waals surface area contributed by atoms with Crippen molar-refractivity contribution in [3.8, 4) is 0 Å². The third kappa shape index (κ3) is 5.48. The van der Waals surface area contributed by atoms with Gasteiger partial charge in [0.1, 0.15) is 0 Å². The van der Waals surface area contributed by atoms with Crippen molar-refractivity contribution in [1.82, 2.24) is 10.6 Å². The Morgan fingerprint density at radius 1 is 0.917 bits per heavy atom. The van der Waals surface area contributed by atoms with Crippen molar-refractivity contribution in [2.75, 3.05) is 6.61 Å². The van der Waals surface area contributed by atoms with Gasteiger partial charge in [0.2, 0.25) is 5.91 Å². The highest BCUT2D eigenvalue weighted by Crippen LogP contribution is 2.14. The van der Waals surface area contributed by atoms with Gasteiger partial charge in [-0.25, -0.2) is 0 Å². The molecule has 0 radical (unpaired) electrons. The van der Waals surface area contributed by atoms with E-state index in [4.69, 9.17) is 0 Å². The third-order valence-corrected chi connectivity index (χ3v) is 4.11. The predicted octanol–water partition coefficient (Wildman–Crippen LogP) is 2.97. The summed E-state index contributed by atoms with van der Waals surface area (Å²) in [5, 5.41) is 15.9. The summed E-state index contributed by atoms with van der Waals surface area (Å²) in [5.41, 5.74) is 2.20. The average Bonchev–Trinajstić information content (AvgIpc) is 2.62. The van der Waals surface area contributed by atoms with E-state index in [9.17, 15) is 9.90 Å². The molecule has 2 rings (SSSR count). The zero-order valence-electron chi connectivity index (χ0n) is 14.3. The molecule has 4 nitrogen and oxygen atoms in total. The molecule has 128 valence electrons. The van der Waals surface area contributed by atoms with E-state index in [2.05, 4.69) is 10.6 Å². The van der Waals surface area contributed by atoms with Gasteiger partial charge >= 0.3 is 0 Å². The van der Waals surface area contributed by atoms with Gasteiger partial charge in [0.05, 0.1) is 12.6 Å². The minimum Gasteiger partial charge on any atom is -0.395 e. The summed E-state index contributed by atoms with van der Waals surface area (Å²) in [7, 11) is 0. The number of aliphatic hydroxyl groups excluding tert-OH is 1. The molecule has 2 aromatic carbocycles. The molecule has 3 unspecified atom stereocenters. The molecule has 0 spiro atoms. The largest absolute Gasteiger partial charge is 0.395 e. The summed E-state index contributed by atoms with van der Waals surface area (Å²) in [4.78, 5) is 12.3. The lowest BCUT2D eigenvalue weighted by atomic mass is 10.1. The van der Waals surface area contributed by atoms with Crippen molar-refractivity contribution in [2.24, 2.45) is 0 Å². The van der Waals surface area contributed by atoms with Crippen molar-refractivity contribution >= 4 is 5.91 Å². The fourth-order valence-electron chi connectivity index (χ4n) is 2.72. The van der Waals surface area contributed by atoms with Gasteiger partial charge in [0.25, 0.3) is 0 Å². The molecular weight excluding hydrogens is 300 g/mol. The molecule has 0 saturated carbocycles. The van der Waals surface area contributed by atoms with E-state index in [1.165, 1.54) is 0 Å². The molecule has 1 amide bonds. The molecule has 3 N–H and O–H groups in total. The van der Waals surface area contributed by atoms with Crippen LogP contribution in [0.25, 0.3) is 0 Å². The van der Waals surface area contributed by atoms with E-state index in [0.717, 1.165) is 11.1 Å². The minimum atomic E-state index is -0.275. The zero-order chi connectivity index (χ0) is 17.4. The number of aliphatic hydroxyl groups is 1. The molecular formula is C20H26N2O2. The Kier molecular flexibility index (Phi) is 6.97. The van der Waals surface area contributed by atoms with Crippen molar-refractivity contribution < 1.29 is 9.90 Å². The second-order valence-electron chi connectivity index (χ2n) is 6.08. The van der Waals surface area contributed by atoms with Gasteiger partial charge in [-0.3, -0.25) is 4.79 Å². The lowest BCUT2D eigenvalue weighted by molar-refractivity contribution is -0.122. The second-order valence-corrected chi connectivity index (χ2v) is 6.08. The summed E-state index contributed by atoms with van der Waals surface area (Å²) in [6.45, 7) is 3.91. The van der Waals surface area contributed by atoms with Gasteiger partial charge in [-0.05, 0) is 25.0 Å². The van der Waals surface area contributed by atoms with Gasteiger partial charge in [-0.15, -0.1) is 0 Å². The highest BCUT2D eigenvalue weighted by molar-refractivity contribution is 5.77. The number of carbonyl (C=O) groups is 1. The van der Waals surface area contributed by atoms with Crippen LogP contribution < -0.4 is 10.6 Å². The number of carbonyl (C=O) groups excluding carboxylic acids is 1. The van der Waals surface area contributed by atoms with E-state index < -0.39 is 0 Å². The number of hydrogen-bond acceptors (Lipinski definition) is 3. The standard InChI is InChI=1S/C20H26N2O2/c1-15(17-9-5-3-6-10-17)21-19(14-23)13-20(24)22-16(2)18-11-7-4-8-12-18/h3-12,15-16,19,21,23H,13-14H2,1-2H3,(H,22,24). The molecule has 3 atom stereocenters. The smallest absolute Gasteiger partial charge is 0.222 e. The maximum atomic E-state index is 12.3. The quantitative estimate of drug-likeness (QED) is 0.699. The first-order chi connectivity index (χ1) is 11.6. The normalized spacial score (nSPS) is 14.6. The van der Waals surface area contributed by atoms with Crippen molar-refractivity contribution in [2.45, 2.75) is 38.4 Å². The first kappa shape index (κ1) is 18.2. The first-order valence-electron chi connectivity index (χ1n) is 8.36. The Balaban J connectivity index is 1.86. The number of hydrogen-bond donors (Lipinski definition) is 3. The predicted molar refractivity (Wildman–Crippen MR) is 96.5 cm³/mol. The number of benzene rings is 2. The van der Waals surface area contributed by atoms with Gasteiger partial charge in [0.15, 0.2) is 0 Å². The molecule has 0 fully saturated rings. The van der Waals surface area contributed by atoms with Crippen LogP contribution in [0.1, 0.15) is 43.5 Å². The highest BCUT2D eigenvalue weighted by atomic mass is 16.3. The average molecular weight is 326 g/mol. The molecule has 0 aliphatic rings. The maximum Gasteiger partial charge on any atom is 0.222 e. The summed E-state index contributed by atoms with van der Waals surface area (Å²) < 4.78 is 0. The van der Waals surface area contributed by atoms with Crippen LogP contribution in [0.5, 0.6) is 0 Å². The third-order valence-electron chi connectivity index (χ3n) is 4.11. The highest BCUT2D eigenvalue weighted by Gasteiger charge is 2.17. The SMILES string of the molecule is CC(NC(=O)CC(CO)NC(C)c1ccccc1)c1ccccc1. The van der Waals surface area contributed by atoms with Crippen LogP contribution in [0, 0.1) is 0 Å². The van der Waals surface area contributed by atoms with Crippen LogP contribution in [0.4, 0.5) is 0 Å². The fourth-order valence-corrected chi connectivity index (χ4v) is 2.72. The molecule has 0 heterocycles. The van der Waals surface area contributed by atoms with Crippen LogP contribution in [0.3, 0.4) is 0 Å². The first-order valence-corrected chi connectivity index (χ1v) is 8.36. The van der Waals surface area contributed by atoms with Gasteiger partial charge in [-0.1, -0.05) is 60.7 Å². The van der Waals surface area contributed by atoms with E-state index in [1.807, 2.05) is 74.5 Å². The van der Waals surface area contributed by atoms with Crippen LogP contribution >= 0.6 is 0 Å². The molecule has 2 aromatic rings. The Hall–Kier alpha value is -2.17. The lowest BCUT2D eigenvalue weighted by Crippen LogP contribution is -2.40. The Labute approximate surface area is 143 Å². The van der Waals surface area contributed by atoms with Crippen molar-refractivity contribution in [1.29, 1.82) is 0 Å². The number of nitrogens with one attached hydrogen (secondary N) is 2. The van der Waals surface area contributed by atoms with Gasteiger partial charge in [0, 0.05) is 18.5 Å². The topological polar surface area (TPSA) is 61.4 Å². The molecule has 0 aliphatic heterocycles. The minimum absolute atomic E-state index is 0.0513. The molecule has 4 heteroatoms. The van der Waals surface area contributed by atoms with Crippen LogP contribution in [0.15, 0.2) is 60.7 Å². The van der Waals surface area contributed by atoms with Crippen LogP contribution in [0.2, 0.25) is 0 Å². The second kappa shape index (κ2) is 9.21. The summed E-state index contributed by atoms with van der Waals surface area (Å²) in [6.07, 6.45) is 0.241. The van der Waals surface area contributed by atoms with Crippen molar-refractivity contribution in [3.63, 3.8) is 0 Å². The maximum absolute atomic E-state index is 12.3. The van der Waals surface area contributed by atoms with Gasteiger partial charge < -0.3 is 15.7 Å². The lowest BCUT2D eigenvalue weighted by Gasteiger charge is -2.23. The molecule has 0 saturated heterocycles. The van der Waals surface area contributed by atoms with Crippen molar-refractivity contribution in [3.05, 3.63) is 71.8 Å².